The number of esters is 1. The third-order valence-electron chi connectivity index (χ3n) is 17.1. The van der Waals surface area contributed by atoms with Crippen molar-refractivity contribution in [3.05, 3.63) is 72.9 Å². The van der Waals surface area contributed by atoms with Crippen molar-refractivity contribution in [2.24, 2.45) is 0 Å². The van der Waals surface area contributed by atoms with Gasteiger partial charge in [-0.3, -0.25) is 9.59 Å². The average Bonchev–Trinajstić information content (AvgIpc) is 1.53. The SMILES string of the molecule is CCCCC/C=C\C/C=C\C/C=C\CCCCCCCCCCCCCC(O)C(=O)NC(COC1OC(CO)C(O)C(O)C1OC(=O)CCCCCCCCCCCCC/C=C\C/C=C\CCCCC)C(O)/C=C/CCCCCCCCCCCCC. The van der Waals surface area contributed by atoms with E-state index in [1.54, 1.807) is 6.08 Å². The molecule has 1 rings (SSSR count). The van der Waals surface area contributed by atoms with Gasteiger partial charge in [0.2, 0.25) is 5.91 Å². The second kappa shape index (κ2) is 63.3. The first kappa shape index (κ1) is 82.1. The molecule has 1 saturated heterocycles. The predicted octanol–water partition coefficient (Wildman–Crippen LogP) is 19.1. The van der Waals surface area contributed by atoms with Gasteiger partial charge in [-0.1, -0.05) is 306 Å². The Hall–Kier alpha value is -2.90. The molecule has 0 aliphatic carbocycles. The van der Waals surface area contributed by atoms with Gasteiger partial charge in [0.15, 0.2) is 12.4 Å². The highest BCUT2D eigenvalue weighted by molar-refractivity contribution is 5.80. The molecule has 11 heteroatoms. The Labute approximate surface area is 534 Å². The third-order valence-corrected chi connectivity index (χ3v) is 17.1. The number of ether oxygens (including phenoxy) is 3. The topological polar surface area (TPSA) is 175 Å². The van der Waals surface area contributed by atoms with Gasteiger partial charge in [0, 0.05) is 6.42 Å². The van der Waals surface area contributed by atoms with Crippen molar-refractivity contribution in [3.8, 4) is 0 Å². The Balaban J connectivity index is 2.58. The van der Waals surface area contributed by atoms with E-state index in [1.807, 2.05) is 6.08 Å². The van der Waals surface area contributed by atoms with E-state index in [-0.39, 0.29) is 19.4 Å². The standard InChI is InChI=1S/C76H137NO10/c1-4-7-10-13-16-19-22-25-27-29-31-33-34-35-37-38-40-42-45-48-51-54-57-60-63-69(80)75(84)77-67(68(79)62-59-56-53-50-47-44-24-21-18-15-12-9-6-3)66-85-76-74(73(83)72(82)70(65-78)86-76)87-71(81)64-61-58-55-52-49-46-43-41-39-36-32-30-28-26-23-20-17-14-11-8-5-2/h16-17,19-20,25-28,31,33,59,62,67-70,72-74,76,78-80,82-83H,4-15,18,21-24,29-30,32,34-58,60-61,63-66H2,1-3H3,(H,77,84)/b19-16-,20-17-,27-25-,28-26-,33-31-,62-59+. The van der Waals surface area contributed by atoms with Crippen molar-refractivity contribution in [2.45, 2.75) is 384 Å². The highest BCUT2D eigenvalue weighted by Crippen LogP contribution is 2.26. The summed E-state index contributed by atoms with van der Waals surface area (Å²) in [6.45, 7) is 5.78. The lowest BCUT2D eigenvalue weighted by Gasteiger charge is -2.41. The number of hydrogen-bond donors (Lipinski definition) is 6. The van der Waals surface area contributed by atoms with Gasteiger partial charge in [0.1, 0.15) is 24.4 Å². The van der Waals surface area contributed by atoms with Crippen molar-refractivity contribution in [2.75, 3.05) is 13.2 Å². The summed E-state index contributed by atoms with van der Waals surface area (Å²) >= 11 is 0. The van der Waals surface area contributed by atoms with Crippen molar-refractivity contribution < 1.29 is 49.3 Å². The number of allylic oxidation sites excluding steroid dienone is 11. The fourth-order valence-corrected chi connectivity index (χ4v) is 11.3. The van der Waals surface area contributed by atoms with Crippen LogP contribution in [0.5, 0.6) is 0 Å². The first-order valence-electron chi connectivity index (χ1n) is 36.7. The molecule has 0 aromatic rings. The maximum atomic E-state index is 13.5. The van der Waals surface area contributed by atoms with Crippen LogP contribution in [0.4, 0.5) is 0 Å². The van der Waals surface area contributed by atoms with Crippen LogP contribution in [0.25, 0.3) is 0 Å². The number of nitrogens with one attached hydrogen (secondary N) is 1. The molecule has 0 aromatic carbocycles. The molecule has 0 spiro atoms. The summed E-state index contributed by atoms with van der Waals surface area (Å²) in [5, 5.41) is 57.3. The summed E-state index contributed by atoms with van der Waals surface area (Å²) in [4.78, 5) is 26.7. The van der Waals surface area contributed by atoms with Crippen LogP contribution < -0.4 is 5.32 Å². The van der Waals surface area contributed by atoms with Crippen molar-refractivity contribution in [1.29, 1.82) is 0 Å². The molecular formula is C76H137NO10. The Bertz CT molecular complexity index is 1690. The number of rotatable bonds is 63. The Kier molecular flexibility index (Phi) is 59.7. The number of unbranched alkanes of at least 4 members (excludes halogenated alkanes) is 39. The van der Waals surface area contributed by atoms with Gasteiger partial charge < -0.3 is 45.1 Å². The summed E-state index contributed by atoms with van der Waals surface area (Å²) in [5.41, 5.74) is 0. The van der Waals surface area contributed by atoms with Gasteiger partial charge in [0.05, 0.1) is 25.4 Å². The lowest BCUT2D eigenvalue weighted by Crippen LogP contribution is -2.61. The van der Waals surface area contributed by atoms with Crippen LogP contribution >= 0.6 is 0 Å². The molecule has 0 bridgehead atoms. The Morgan fingerprint density at radius 1 is 0.448 bits per heavy atom. The van der Waals surface area contributed by atoms with Gasteiger partial charge in [-0.05, 0) is 96.3 Å². The molecule has 8 atom stereocenters. The monoisotopic (exact) mass is 1220 g/mol. The molecule has 1 aliphatic rings. The highest BCUT2D eigenvalue weighted by atomic mass is 16.7. The lowest BCUT2D eigenvalue weighted by molar-refractivity contribution is -0.305. The first-order chi connectivity index (χ1) is 42.7. The zero-order valence-corrected chi connectivity index (χ0v) is 56.4. The smallest absolute Gasteiger partial charge is 0.306 e. The molecule has 506 valence electrons. The summed E-state index contributed by atoms with van der Waals surface area (Å²) in [6.07, 6.45) is 72.2. The first-order valence-corrected chi connectivity index (χ1v) is 36.7. The number of aliphatic hydroxyl groups excluding tert-OH is 5. The Morgan fingerprint density at radius 2 is 0.793 bits per heavy atom. The van der Waals surface area contributed by atoms with Gasteiger partial charge in [-0.2, -0.15) is 0 Å². The number of carbonyl (C=O) groups is 2. The minimum Gasteiger partial charge on any atom is -0.454 e. The highest BCUT2D eigenvalue weighted by Gasteiger charge is 2.47. The zero-order chi connectivity index (χ0) is 63.1. The lowest BCUT2D eigenvalue weighted by atomic mass is 9.99. The van der Waals surface area contributed by atoms with Crippen molar-refractivity contribution in [1.82, 2.24) is 5.32 Å². The van der Waals surface area contributed by atoms with Gasteiger partial charge in [0.25, 0.3) is 0 Å². The molecule has 1 fully saturated rings. The fourth-order valence-electron chi connectivity index (χ4n) is 11.3. The maximum absolute atomic E-state index is 13.5. The zero-order valence-electron chi connectivity index (χ0n) is 56.4. The Morgan fingerprint density at radius 3 is 1.21 bits per heavy atom. The van der Waals surface area contributed by atoms with Crippen LogP contribution in [0, 0.1) is 0 Å². The van der Waals surface area contributed by atoms with E-state index in [1.165, 1.54) is 205 Å². The normalized spacial score (nSPS) is 18.6. The summed E-state index contributed by atoms with van der Waals surface area (Å²) < 4.78 is 17.7. The van der Waals surface area contributed by atoms with E-state index in [9.17, 15) is 35.1 Å². The molecule has 0 radical (unpaired) electrons. The number of hydrogen-bond acceptors (Lipinski definition) is 10. The molecule has 6 N–H and O–H groups in total. The largest absolute Gasteiger partial charge is 0.454 e. The van der Waals surface area contributed by atoms with Crippen LogP contribution in [-0.4, -0.2) is 99.6 Å². The maximum Gasteiger partial charge on any atom is 0.306 e. The number of aliphatic hydroxyl groups is 5. The molecule has 87 heavy (non-hydrogen) atoms. The van der Waals surface area contributed by atoms with Crippen LogP contribution in [0.1, 0.15) is 335 Å². The van der Waals surface area contributed by atoms with E-state index in [2.05, 4.69) is 86.8 Å². The van der Waals surface area contributed by atoms with E-state index >= 15 is 0 Å². The molecule has 1 heterocycles. The quantitative estimate of drug-likeness (QED) is 0.0195. The summed E-state index contributed by atoms with van der Waals surface area (Å²) in [7, 11) is 0. The van der Waals surface area contributed by atoms with E-state index in [0.717, 1.165) is 83.5 Å². The molecule has 1 aliphatic heterocycles. The molecule has 8 unspecified atom stereocenters. The summed E-state index contributed by atoms with van der Waals surface area (Å²) in [5.74, 6) is -1.19. The van der Waals surface area contributed by atoms with Crippen LogP contribution in [-0.2, 0) is 23.8 Å². The van der Waals surface area contributed by atoms with Gasteiger partial charge >= 0.3 is 5.97 Å². The van der Waals surface area contributed by atoms with Crippen molar-refractivity contribution >= 4 is 11.9 Å². The number of carbonyl (C=O) groups excluding carboxylic acids is 2. The molecular weight excluding hydrogens is 1090 g/mol. The minimum atomic E-state index is -1.62. The van der Waals surface area contributed by atoms with Crippen LogP contribution in [0.2, 0.25) is 0 Å². The fraction of sp³-hybridized carbons (Fsp3) is 0.816. The molecule has 0 aromatic heterocycles. The van der Waals surface area contributed by atoms with Crippen LogP contribution in [0.15, 0.2) is 72.9 Å². The summed E-state index contributed by atoms with van der Waals surface area (Å²) in [6, 6.07) is -1.03. The van der Waals surface area contributed by atoms with E-state index < -0.39 is 67.4 Å². The van der Waals surface area contributed by atoms with Crippen LogP contribution in [0.3, 0.4) is 0 Å². The molecule has 1 amide bonds. The predicted molar refractivity (Wildman–Crippen MR) is 366 cm³/mol. The minimum absolute atomic E-state index is 0.120. The van der Waals surface area contributed by atoms with E-state index in [0.29, 0.717) is 12.8 Å². The van der Waals surface area contributed by atoms with Gasteiger partial charge in [-0.15, -0.1) is 0 Å². The molecule has 0 saturated carbocycles. The second-order valence-corrected chi connectivity index (χ2v) is 25.3. The number of amides is 1. The third kappa shape index (κ3) is 50.4. The van der Waals surface area contributed by atoms with Crippen molar-refractivity contribution in [3.63, 3.8) is 0 Å². The second-order valence-electron chi connectivity index (χ2n) is 25.3. The van der Waals surface area contributed by atoms with Gasteiger partial charge in [-0.25, -0.2) is 0 Å². The van der Waals surface area contributed by atoms with E-state index in [4.69, 9.17) is 14.2 Å². The average molecular weight is 1220 g/mol. The molecule has 11 nitrogen and oxygen atoms in total.